The summed E-state index contributed by atoms with van der Waals surface area (Å²) < 4.78 is 47.2. The highest BCUT2D eigenvalue weighted by Crippen LogP contribution is 2.38. The summed E-state index contributed by atoms with van der Waals surface area (Å²) >= 11 is 6.17. The third-order valence-electron chi connectivity index (χ3n) is 6.03. The molecular formula is C28H22ClFN2O4S. The molecule has 4 aromatic carbocycles. The van der Waals surface area contributed by atoms with Crippen molar-refractivity contribution in [1.29, 1.82) is 0 Å². The van der Waals surface area contributed by atoms with E-state index in [0.29, 0.717) is 39.9 Å². The van der Waals surface area contributed by atoms with Crippen molar-refractivity contribution in [3.8, 4) is 11.5 Å². The quantitative estimate of drug-likeness (QED) is 0.299. The lowest BCUT2D eigenvalue weighted by molar-refractivity contribution is 0.102. The molecule has 6 nitrogen and oxygen atoms in total. The number of hydrogen-bond donors (Lipinski definition) is 1. The van der Waals surface area contributed by atoms with E-state index < -0.39 is 21.7 Å². The van der Waals surface area contributed by atoms with E-state index in [9.17, 15) is 17.6 Å². The first-order chi connectivity index (χ1) is 17.7. The van der Waals surface area contributed by atoms with Crippen molar-refractivity contribution in [2.75, 3.05) is 9.62 Å². The number of halogens is 2. The van der Waals surface area contributed by atoms with Crippen LogP contribution >= 0.6 is 11.6 Å². The zero-order valence-corrected chi connectivity index (χ0v) is 21.3. The van der Waals surface area contributed by atoms with E-state index in [4.69, 9.17) is 16.3 Å². The summed E-state index contributed by atoms with van der Waals surface area (Å²) in [6, 6.07) is 23.3. The molecule has 0 saturated heterocycles. The molecule has 1 heterocycles. The number of nitrogens with one attached hydrogen (secondary N) is 1. The van der Waals surface area contributed by atoms with Gasteiger partial charge >= 0.3 is 0 Å². The van der Waals surface area contributed by atoms with E-state index in [1.54, 1.807) is 55.5 Å². The first kappa shape index (κ1) is 24.8. The number of rotatable bonds is 6. The Morgan fingerprint density at radius 2 is 1.73 bits per heavy atom. The first-order valence-corrected chi connectivity index (χ1v) is 13.3. The number of ether oxygens (including phenoxy) is 1. The van der Waals surface area contributed by atoms with Gasteiger partial charge in [0.2, 0.25) is 0 Å². The summed E-state index contributed by atoms with van der Waals surface area (Å²) in [5.74, 6) is 0.126. The third kappa shape index (κ3) is 5.03. The molecule has 4 aromatic rings. The summed E-state index contributed by atoms with van der Waals surface area (Å²) in [6.45, 7) is 1.79. The number of carbonyl (C=O) groups is 1. The van der Waals surface area contributed by atoms with E-state index in [1.165, 1.54) is 16.4 Å². The second kappa shape index (κ2) is 9.88. The van der Waals surface area contributed by atoms with Gasteiger partial charge < -0.3 is 10.1 Å². The van der Waals surface area contributed by atoms with Crippen LogP contribution in [0, 0.1) is 5.82 Å². The number of hydrogen-bond acceptors (Lipinski definition) is 4. The number of sulfonamides is 1. The van der Waals surface area contributed by atoms with Crippen molar-refractivity contribution in [1.82, 2.24) is 0 Å². The Hall–Kier alpha value is -3.88. The minimum absolute atomic E-state index is 0.00215. The van der Waals surface area contributed by atoms with Crippen LogP contribution in [0.25, 0.3) is 0 Å². The molecule has 0 aliphatic carbocycles. The molecule has 5 rings (SSSR count). The van der Waals surface area contributed by atoms with Crippen LogP contribution < -0.4 is 14.4 Å². The van der Waals surface area contributed by atoms with E-state index in [0.717, 1.165) is 17.7 Å². The SMILES string of the molecule is C[C@@H]1Cc2cc(C(=O)Nc3cc(Cl)ccc3Oc3ccccc3)ccc2N1S(=O)(=O)c1ccc(F)cc1. The van der Waals surface area contributed by atoms with Crippen molar-refractivity contribution in [3.63, 3.8) is 0 Å². The average Bonchev–Trinajstić information content (AvgIpc) is 3.22. The molecule has 0 saturated carbocycles. The summed E-state index contributed by atoms with van der Waals surface area (Å²) in [7, 11) is -3.90. The van der Waals surface area contributed by atoms with Crippen LogP contribution in [0.2, 0.25) is 5.02 Å². The van der Waals surface area contributed by atoms with Gasteiger partial charge in [-0.1, -0.05) is 29.8 Å². The van der Waals surface area contributed by atoms with E-state index in [2.05, 4.69) is 5.32 Å². The lowest BCUT2D eigenvalue weighted by atomic mass is 10.1. The highest BCUT2D eigenvalue weighted by atomic mass is 35.5. The van der Waals surface area contributed by atoms with Gasteiger partial charge in [0.05, 0.1) is 16.3 Å². The number of amides is 1. The number of nitrogens with zero attached hydrogens (tertiary/aromatic N) is 1. The van der Waals surface area contributed by atoms with Crippen LogP contribution in [0.4, 0.5) is 15.8 Å². The van der Waals surface area contributed by atoms with Gasteiger partial charge in [0.25, 0.3) is 15.9 Å². The Balaban J connectivity index is 1.41. The van der Waals surface area contributed by atoms with Crippen molar-refractivity contribution >= 4 is 38.9 Å². The summed E-state index contributed by atoms with van der Waals surface area (Å²) in [4.78, 5) is 13.2. The molecule has 188 valence electrons. The molecule has 1 atom stereocenters. The first-order valence-electron chi connectivity index (χ1n) is 11.5. The highest BCUT2D eigenvalue weighted by molar-refractivity contribution is 7.92. The topological polar surface area (TPSA) is 75.7 Å². The Morgan fingerprint density at radius 3 is 2.46 bits per heavy atom. The van der Waals surface area contributed by atoms with E-state index in [1.807, 2.05) is 18.2 Å². The molecular weight excluding hydrogens is 515 g/mol. The predicted octanol–water partition coefficient (Wildman–Crippen LogP) is 6.66. The second-order valence-corrected chi connectivity index (χ2v) is 10.9. The van der Waals surface area contributed by atoms with Gasteiger partial charge in [-0.3, -0.25) is 9.10 Å². The molecule has 0 spiro atoms. The largest absolute Gasteiger partial charge is 0.455 e. The van der Waals surface area contributed by atoms with Gasteiger partial charge in [0.1, 0.15) is 11.6 Å². The van der Waals surface area contributed by atoms with E-state index >= 15 is 0 Å². The molecule has 0 fully saturated rings. The zero-order chi connectivity index (χ0) is 26.2. The molecule has 0 aromatic heterocycles. The van der Waals surface area contributed by atoms with Crippen LogP contribution in [-0.4, -0.2) is 20.4 Å². The average molecular weight is 537 g/mol. The number of anilines is 2. The summed E-state index contributed by atoms with van der Waals surface area (Å²) in [6.07, 6.45) is 0.427. The van der Waals surface area contributed by atoms with Crippen molar-refractivity contribution < 1.29 is 22.3 Å². The number of carbonyl (C=O) groups excluding carboxylic acids is 1. The van der Waals surface area contributed by atoms with Crippen LogP contribution in [0.5, 0.6) is 11.5 Å². The summed E-state index contributed by atoms with van der Waals surface area (Å²) in [5, 5.41) is 3.28. The molecule has 1 N–H and O–H groups in total. The molecule has 37 heavy (non-hydrogen) atoms. The van der Waals surface area contributed by atoms with Crippen LogP contribution in [0.15, 0.2) is 95.9 Å². The maximum atomic E-state index is 13.3. The lowest BCUT2D eigenvalue weighted by Crippen LogP contribution is -2.35. The van der Waals surface area contributed by atoms with Gasteiger partial charge in [-0.15, -0.1) is 0 Å². The van der Waals surface area contributed by atoms with Crippen molar-refractivity contribution in [3.05, 3.63) is 113 Å². The Kier molecular flexibility index (Phi) is 6.62. The van der Waals surface area contributed by atoms with Gasteiger partial charge in [-0.25, -0.2) is 12.8 Å². The molecule has 9 heteroatoms. The van der Waals surface area contributed by atoms with Crippen LogP contribution in [-0.2, 0) is 16.4 Å². The fourth-order valence-corrected chi connectivity index (χ4v) is 6.19. The second-order valence-electron chi connectivity index (χ2n) is 8.66. The number of fused-ring (bicyclic) bond motifs is 1. The number of para-hydroxylation sites is 1. The fraction of sp³-hybridized carbons (Fsp3) is 0.107. The highest BCUT2D eigenvalue weighted by Gasteiger charge is 2.36. The number of benzene rings is 4. The van der Waals surface area contributed by atoms with Crippen molar-refractivity contribution in [2.45, 2.75) is 24.3 Å². The van der Waals surface area contributed by atoms with Gasteiger partial charge in [0, 0.05) is 16.6 Å². The molecule has 1 aliphatic rings. The summed E-state index contributed by atoms with van der Waals surface area (Å²) in [5.41, 5.74) is 1.97. The Labute approximate surface area is 219 Å². The standard InChI is InChI=1S/C28H22ClFN2O4S/c1-18-15-20-16-19(7-13-26(20)32(18)37(34,35)24-11-9-22(30)10-12-24)28(33)31-25-17-21(29)8-14-27(25)36-23-5-3-2-4-6-23/h2-14,16-18H,15H2,1H3,(H,31,33)/t18-/m1/s1. The van der Waals surface area contributed by atoms with Gasteiger partial charge in [-0.05, 0) is 91.7 Å². The monoisotopic (exact) mass is 536 g/mol. The van der Waals surface area contributed by atoms with E-state index in [-0.39, 0.29) is 10.9 Å². The smallest absolute Gasteiger partial charge is 0.264 e. The zero-order valence-electron chi connectivity index (χ0n) is 19.7. The molecule has 1 aliphatic heterocycles. The molecule has 0 unspecified atom stereocenters. The molecule has 0 radical (unpaired) electrons. The predicted molar refractivity (Wildman–Crippen MR) is 142 cm³/mol. The molecule has 0 bridgehead atoms. The molecule has 1 amide bonds. The van der Waals surface area contributed by atoms with Crippen LogP contribution in [0.1, 0.15) is 22.8 Å². The van der Waals surface area contributed by atoms with Crippen LogP contribution in [0.3, 0.4) is 0 Å². The third-order valence-corrected chi connectivity index (χ3v) is 8.20. The lowest BCUT2D eigenvalue weighted by Gasteiger charge is -2.24. The van der Waals surface area contributed by atoms with Crippen molar-refractivity contribution in [2.24, 2.45) is 0 Å². The Bertz CT molecular complexity index is 1580. The Morgan fingerprint density at radius 1 is 1.00 bits per heavy atom. The normalized spacial score (nSPS) is 14.8. The maximum absolute atomic E-state index is 13.3. The minimum Gasteiger partial charge on any atom is -0.455 e. The fourth-order valence-electron chi connectivity index (χ4n) is 4.33. The van der Waals surface area contributed by atoms with Gasteiger partial charge in [0.15, 0.2) is 5.75 Å². The maximum Gasteiger partial charge on any atom is 0.264 e. The minimum atomic E-state index is -3.90. The van der Waals surface area contributed by atoms with Gasteiger partial charge in [-0.2, -0.15) is 0 Å².